The fourth-order valence-corrected chi connectivity index (χ4v) is 2.99. The van der Waals surface area contributed by atoms with E-state index >= 15 is 0 Å². The molecule has 0 aromatic rings. The highest BCUT2D eigenvalue weighted by Crippen LogP contribution is 2.15. The first-order valence-corrected chi connectivity index (χ1v) is 7.03. The topological polar surface area (TPSA) is 50.9 Å². The Kier molecular flexibility index (Phi) is 3.67. The maximum atomic E-state index is 11.4. The van der Waals surface area contributed by atoms with Crippen LogP contribution in [-0.2, 0) is 0 Å². The van der Waals surface area contributed by atoms with Crippen molar-refractivity contribution in [2.75, 3.05) is 65.4 Å². The fraction of sp³-hybridized carbons (Fsp3) is 0.917. The summed E-state index contributed by atoms with van der Waals surface area (Å²) in [5, 5.41) is 6.23. The molecule has 2 amide bonds. The normalized spacial score (nSPS) is 27.3. The van der Waals surface area contributed by atoms with Crippen molar-refractivity contribution in [2.24, 2.45) is 0 Å². The molecule has 18 heavy (non-hydrogen) atoms. The number of urea groups is 1. The zero-order chi connectivity index (χ0) is 12.4. The fourth-order valence-electron chi connectivity index (χ4n) is 2.99. The highest BCUT2D eigenvalue weighted by atomic mass is 16.2. The summed E-state index contributed by atoms with van der Waals surface area (Å²) in [4.78, 5) is 18.4. The van der Waals surface area contributed by atoms with Crippen molar-refractivity contribution in [2.45, 2.75) is 6.04 Å². The van der Waals surface area contributed by atoms with Crippen LogP contribution in [0.5, 0.6) is 0 Å². The molecule has 2 N–H and O–H groups in total. The van der Waals surface area contributed by atoms with E-state index in [0.29, 0.717) is 0 Å². The summed E-state index contributed by atoms with van der Waals surface area (Å²) in [6, 6.07) is 0.855. The second-order valence-corrected chi connectivity index (χ2v) is 5.42. The van der Waals surface area contributed by atoms with Crippen LogP contribution in [0.15, 0.2) is 0 Å². The highest BCUT2D eigenvalue weighted by molar-refractivity contribution is 5.76. The summed E-state index contributed by atoms with van der Waals surface area (Å²) in [6.45, 7) is 10.6. The molecule has 0 spiro atoms. The number of piperazine rings is 1. The van der Waals surface area contributed by atoms with Crippen LogP contribution in [0.4, 0.5) is 4.79 Å². The van der Waals surface area contributed by atoms with Crippen LogP contribution in [0.3, 0.4) is 0 Å². The molecular weight excluding hydrogens is 230 g/mol. The molecule has 3 heterocycles. The van der Waals surface area contributed by atoms with Crippen LogP contribution in [0.25, 0.3) is 0 Å². The maximum Gasteiger partial charge on any atom is 0.317 e. The Morgan fingerprint density at radius 2 is 1.83 bits per heavy atom. The van der Waals surface area contributed by atoms with E-state index in [9.17, 15) is 4.79 Å². The molecule has 0 bridgehead atoms. The lowest BCUT2D eigenvalue weighted by Crippen LogP contribution is -2.63. The summed E-state index contributed by atoms with van der Waals surface area (Å²) in [5.41, 5.74) is 0. The molecule has 3 fully saturated rings. The van der Waals surface area contributed by atoms with Gasteiger partial charge in [0.2, 0.25) is 0 Å². The van der Waals surface area contributed by atoms with Gasteiger partial charge < -0.3 is 15.5 Å². The molecule has 6 nitrogen and oxygen atoms in total. The van der Waals surface area contributed by atoms with Crippen molar-refractivity contribution in [3.8, 4) is 0 Å². The molecule has 0 saturated carbocycles. The number of nitrogens with zero attached hydrogens (tertiary/aromatic N) is 3. The lowest BCUT2D eigenvalue weighted by molar-refractivity contribution is 0.0245. The Hall–Kier alpha value is -0.850. The molecule has 6 heteroatoms. The van der Waals surface area contributed by atoms with E-state index in [2.05, 4.69) is 20.4 Å². The Balaban J connectivity index is 1.33. The van der Waals surface area contributed by atoms with Crippen molar-refractivity contribution in [1.82, 2.24) is 25.3 Å². The summed E-state index contributed by atoms with van der Waals surface area (Å²) < 4.78 is 0. The number of rotatable bonds is 4. The first-order chi connectivity index (χ1) is 8.83. The zero-order valence-corrected chi connectivity index (χ0v) is 10.9. The molecule has 102 valence electrons. The van der Waals surface area contributed by atoms with Crippen LogP contribution < -0.4 is 10.6 Å². The molecular formula is C12H23N5O. The molecule has 0 unspecified atom stereocenters. The Bertz CT molecular complexity index is 299. The van der Waals surface area contributed by atoms with E-state index in [4.69, 9.17) is 0 Å². The average Bonchev–Trinajstić information content (AvgIpc) is 2.74. The molecule has 3 aliphatic heterocycles. The molecule has 0 radical (unpaired) electrons. The Morgan fingerprint density at radius 3 is 2.50 bits per heavy atom. The predicted octanol–water partition coefficient (Wildman–Crippen LogP) is -1.40. The van der Waals surface area contributed by atoms with Crippen LogP contribution in [0.1, 0.15) is 0 Å². The van der Waals surface area contributed by atoms with Crippen LogP contribution in [0.2, 0.25) is 0 Å². The summed E-state index contributed by atoms with van der Waals surface area (Å²) in [5.74, 6) is 0. The van der Waals surface area contributed by atoms with Crippen molar-refractivity contribution >= 4 is 6.03 Å². The molecule has 0 aliphatic carbocycles. The quantitative estimate of drug-likeness (QED) is 0.647. The summed E-state index contributed by atoms with van der Waals surface area (Å²) in [6.07, 6.45) is 0. The minimum Gasteiger partial charge on any atom is -0.336 e. The SMILES string of the molecule is O=C1NCCN1CCN1CC(N2CCNCC2)C1. The largest absolute Gasteiger partial charge is 0.336 e. The Labute approximate surface area is 108 Å². The van der Waals surface area contributed by atoms with Gasteiger partial charge in [-0.05, 0) is 0 Å². The van der Waals surface area contributed by atoms with E-state index in [1.807, 2.05) is 4.90 Å². The molecule has 0 atom stereocenters. The van der Waals surface area contributed by atoms with Gasteiger partial charge in [0.1, 0.15) is 0 Å². The van der Waals surface area contributed by atoms with Crippen LogP contribution in [0, 0.1) is 0 Å². The summed E-state index contributed by atoms with van der Waals surface area (Å²) >= 11 is 0. The third-order valence-electron chi connectivity index (χ3n) is 4.24. The highest BCUT2D eigenvalue weighted by Gasteiger charge is 2.32. The van der Waals surface area contributed by atoms with Gasteiger partial charge in [-0.2, -0.15) is 0 Å². The second kappa shape index (κ2) is 5.42. The minimum atomic E-state index is 0.106. The van der Waals surface area contributed by atoms with E-state index < -0.39 is 0 Å². The van der Waals surface area contributed by atoms with Crippen molar-refractivity contribution in [1.29, 1.82) is 0 Å². The molecule has 3 saturated heterocycles. The first kappa shape index (κ1) is 12.2. The van der Waals surface area contributed by atoms with Crippen molar-refractivity contribution < 1.29 is 4.79 Å². The van der Waals surface area contributed by atoms with Crippen LogP contribution >= 0.6 is 0 Å². The van der Waals surface area contributed by atoms with Gasteiger partial charge in [-0.3, -0.25) is 9.80 Å². The lowest BCUT2D eigenvalue weighted by Gasteiger charge is -2.47. The third kappa shape index (κ3) is 2.60. The first-order valence-electron chi connectivity index (χ1n) is 7.03. The lowest BCUT2D eigenvalue weighted by atomic mass is 10.1. The van der Waals surface area contributed by atoms with Crippen molar-refractivity contribution in [3.05, 3.63) is 0 Å². The minimum absolute atomic E-state index is 0.106. The van der Waals surface area contributed by atoms with Crippen LogP contribution in [-0.4, -0.2) is 92.2 Å². The summed E-state index contributed by atoms with van der Waals surface area (Å²) in [7, 11) is 0. The number of carbonyl (C=O) groups is 1. The number of nitrogens with one attached hydrogen (secondary N) is 2. The Morgan fingerprint density at radius 1 is 1.06 bits per heavy atom. The molecule has 0 aromatic heterocycles. The van der Waals surface area contributed by atoms with Crippen molar-refractivity contribution in [3.63, 3.8) is 0 Å². The van der Waals surface area contributed by atoms with E-state index in [0.717, 1.165) is 45.3 Å². The number of hydrogen-bond donors (Lipinski definition) is 2. The van der Waals surface area contributed by atoms with E-state index in [-0.39, 0.29) is 6.03 Å². The zero-order valence-electron chi connectivity index (χ0n) is 10.9. The van der Waals surface area contributed by atoms with Gasteiger partial charge in [-0.25, -0.2) is 4.79 Å². The van der Waals surface area contributed by atoms with E-state index in [1.54, 1.807) is 0 Å². The molecule has 3 rings (SSSR count). The van der Waals surface area contributed by atoms with Gasteiger partial charge in [0.05, 0.1) is 0 Å². The standard InChI is InChI=1S/C12H23N5O/c18-12-14-3-6-17(12)8-7-15-9-11(10-15)16-4-1-13-2-5-16/h11,13H,1-10H2,(H,14,18). The molecule has 3 aliphatic rings. The number of hydrogen-bond acceptors (Lipinski definition) is 4. The predicted molar refractivity (Wildman–Crippen MR) is 69.6 cm³/mol. The number of amides is 2. The average molecular weight is 253 g/mol. The smallest absolute Gasteiger partial charge is 0.317 e. The van der Waals surface area contributed by atoms with Gasteiger partial charge >= 0.3 is 6.03 Å². The molecule has 0 aromatic carbocycles. The van der Waals surface area contributed by atoms with Gasteiger partial charge in [0, 0.05) is 71.5 Å². The van der Waals surface area contributed by atoms with E-state index in [1.165, 1.54) is 26.2 Å². The number of carbonyl (C=O) groups excluding carboxylic acids is 1. The third-order valence-corrected chi connectivity index (χ3v) is 4.24. The number of likely N-dealkylation sites (tertiary alicyclic amines) is 1. The monoisotopic (exact) mass is 253 g/mol. The van der Waals surface area contributed by atoms with Gasteiger partial charge in [0.25, 0.3) is 0 Å². The maximum absolute atomic E-state index is 11.4. The second-order valence-electron chi connectivity index (χ2n) is 5.42. The van der Waals surface area contributed by atoms with Gasteiger partial charge in [-0.1, -0.05) is 0 Å². The van der Waals surface area contributed by atoms with Gasteiger partial charge in [-0.15, -0.1) is 0 Å². The van der Waals surface area contributed by atoms with Gasteiger partial charge in [0.15, 0.2) is 0 Å².